The standard InChI is InChI=1S/C20H23N3O3/c1-15(24)23-13-11-17(12-14-23)22-20(25)21-16-7-9-19(10-8-16)26-18-5-3-2-4-6-18/h2-10,17H,11-14H2,1H3,(H2,21,22,25). The second-order valence-corrected chi connectivity index (χ2v) is 6.32. The van der Waals surface area contributed by atoms with Crippen LogP contribution in [0.5, 0.6) is 11.5 Å². The normalized spacial score (nSPS) is 14.6. The van der Waals surface area contributed by atoms with Crippen LogP contribution in [0.3, 0.4) is 0 Å². The van der Waals surface area contributed by atoms with Crippen LogP contribution in [-0.4, -0.2) is 36.0 Å². The fraction of sp³-hybridized carbons (Fsp3) is 0.300. The van der Waals surface area contributed by atoms with Gasteiger partial charge < -0.3 is 20.3 Å². The molecule has 0 spiro atoms. The van der Waals surface area contributed by atoms with Gasteiger partial charge in [0.2, 0.25) is 5.91 Å². The Kier molecular flexibility index (Phi) is 5.73. The van der Waals surface area contributed by atoms with Crippen LogP contribution in [0.25, 0.3) is 0 Å². The van der Waals surface area contributed by atoms with Gasteiger partial charge in [0.25, 0.3) is 0 Å². The summed E-state index contributed by atoms with van der Waals surface area (Å²) >= 11 is 0. The minimum Gasteiger partial charge on any atom is -0.457 e. The third-order valence-electron chi connectivity index (χ3n) is 4.37. The van der Waals surface area contributed by atoms with E-state index in [1.54, 1.807) is 19.1 Å². The molecule has 1 fully saturated rings. The number of hydrogen-bond acceptors (Lipinski definition) is 3. The van der Waals surface area contributed by atoms with E-state index in [4.69, 9.17) is 4.74 Å². The lowest BCUT2D eigenvalue weighted by Crippen LogP contribution is -2.47. The van der Waals surface area contributed by atoms with Gasteiger partial charge in [0.1, 0.15) is 11.5 Å². The van der Waals surface area contributed by atoms with Crippen molar-refractivity contribution in [3.05, 3.63) is 54.6 Å². The number of urea groups is 1. The number of carbonyl (C=O) groups is 2. The number of hydrogen-bond donors (Lipinski definition) is 2. The zero-order valence-corrected chi connectivity index (χ0v) is 14.8. The fourth-order valence-corrected chi connectivity index (χ4v) is 2.92. The molecular weight excluding hydrogens is 330 g/mol. The van der Waals surface area contributed by atoms with Gasteiger partial charge in [-0.3, -0.25) is 4.79 Å². The number of carbonyl (C=O) groups excluding carboxylic acids is 2. The predicted molar refractivity (Wildman–Crippen MR) is 100 cm³/mol. The topological polar surface area (TPSA) is 70.7 Å². The molecule has 0 radical (unpaired) electrons. The molecule has 3 amide bonds. The van der Waals surface area contributed by atoms with Gasteiger partial charge in [-0.2, -0.15) is 0 Å². The molecular formula is C20H23N3O3. The van der Waals surface area contributed by atoms with Crippen molar-refractivity contribution in [2.45, 2.75) is 25.8 Å². The molecule has 136 valence electrons. The van der Waals surface area contributed by atoms with Crippen LogP contribution in [-0.2, 0) is 4.79 Å². The summed E-state index contributed by atoms with van der Waals surface area (Å²) in [5.41, 5.74) is 0.698. The Morgan fingerprint density at radius 3 is 2.19 bits per heavy atom. The first-order valence-corrected chi connectivity index (χ1v) is 8.76. The van der Waals surface area contributed by atoms with Gasteiger partial charge in [-0.15, -0.1) is 0 Å². The van der Waals surface area contributed by atoms with Crippen LogP contribution in [0, 0.1) is 0 Å². The van der Waals surface area contributed by atoms with Gasteiger partial charge in [-0.05, 0) is 49.2 Å². The van der Waals surface area contributed by atoms with Crippen molar-refractivity contribution in [1.29, 1.82) is 0 Å². The van der Waals surface area contributed by atoms with E-state index in [1.165, 1.54) is 0 Å². The van der Waals surface area contributed by atoms with Crippen molar-refractivity contribution < 1.29 is 14.3 Å². The lowest BCUT2D eigenvalue weighted by Gasteiger charge is -2.31. The zero-order valence-electron chi connectivity index (χ0n) is 14.8. The van der Waals surface area contributed by atoms with E-state index in [0.29, 0.717) is 24.5 Å². The molecule has 2 aromatic carbocycles. The Hall–Kier alpha value is -3.02. The molecule has 0 unspecified atom stereocenters. The largest absolute Gasteiger partial charge is 0.457 e. The maximum atomic E-state index is 12.1. The summed E-state index contributed by atoms with van der Waals surface area (Å²) in [4.78, 5) is 25.3. The predicted octanol–water partition coefficient (Wildman–Crippen LogP) is 3.61. The molecule has 2 aromatic rings. The van der Waals surface area contributed by atoms with Crippen LogP contribution in [0.4, 0.5) is 10.5 Å². The fourth-order valence-electron chi connectivity index (χ4n) is 2.92. The number of nitrogens with zero attached hydrogens (tertiary/aromatic N) is 1. The van der Waals surface area contributed by atoms with E-state index in [2.05, 4.69) is 10.6 Å². The number of anilines is 1. The summed E-state index contributed by atoms with van der Waals surface area (Å²) in [6.45, 7) is 2.95. The molecule has 0 bridgehead atoms. The summed E-state index contributed by atoms with van der Waals surface area (Å²) in [5, 5.41) is 5.79. The van der Waals surface area contributed by atoms with E-state index < -0.39 is 0 Å². The van der Waals surface area contributed by atoms with Gasteiger partial charge in [-0.1, -0.05) is 18.2 Å². The Balaban J connectivity index is 1.46. The minimum absolute atomic E-state index is 0.0886. The average Bonchev–Trinajstić information content (AvgIpc) is 2.64. The number of nitrogens with one attached hydrogen (secondary N) is 2. The molecule has 2 N–H and O–H groups in total. The molecule has 3 rings (SSSR count). The van der Waals surface area contributed by atoms with Gasteiger partial charge >= 0.3 is 6.03 Å². The third kappa shape index (κ3) is 4.99. The lowest BCUT2D eigenvalue weighted by molar-refractivity contribution is -0.129. The monoisotopic (exact) mass is 353 g/mol. The highest BCUT2D eigenvalue weighted by atomic mass is 16.5. The Bertz CT molecular complexity index is 739. The summed E-state index contributed by atoms with van der Waals surface area (Å²) in [6.07, 6.45) is 1.55. The molecule has 0 aliphatic carbocycles. The van der Waals surface area contributed by atoms with E-state index in [-0.39, 0.29) is 18.0 Å². The first-order chi connectivity index (χ1) is 12.6. The van der Waals surface area contributed by atoms with Crippen molar-refractivity contribution in [1.82, 2.24) is 10.2 Å². The third-order valence-corrected chi connectivity index (χ3v) is 4.37. The number of ether oxygens (including phenoxy) is 1. The average molecular weight is 353 g/mol. The number of para-hydroxylation sites is 1. The molecule has 0 saturated carbocycles. The number of likely N-dealkylation sites (tertiary alicyclic amines) is 1. The van der Waals surface area contributed by atoms with Gasteiger partial charge in [0.15, 0.2) is 0 Å². The number of amides is 3. The van der Waals surface area contributed by atoms with Gasteiger partial charge in [0, 0.05) is 31.7 Å². The number of piperidine rings is 1. The molecule has 6 heteroatoms. The molecule has 1 heterocycles. The smallest absolute Gasteiger partial charge is 0.319 e. The quantitative estimate of drug-likeness (QED) is 0.882. The van der Waals surface area contributed by atoms with Crippen molar-refractivity contribution in [3.63, 3.8) is 0 Å². The maximum absolute atomic E-state index is 12.1. The highest BCUT2D eigenvalue weighted by Gasteiger charge is 2.21. The van der Waals surface area contributed by atoms with Crippen LogP contribution < -0.4 is 15.4 Å². The lowest BCUT2D eigenvalue weighted by atomic mass is 10.1. The van der Waals surface area contributed by atoms with Crippen LogP contribution in [0.15, 0.2) is 54.6 Å². The highest BCUT2D eigenvalue weighted by Crippen LogP contribution is 2.22. The number of rotatable bonds is 4. The van der Waals surface area contributed by atoms with Gasteiger partial charge in [0.05, 0.1) is 0 Å². The summed E-state index contributed by atoms with van der Waals surface area (Å²) in [6, 6.07) is 16.6. The van der Waals surface area contributed by atoms with Crippen molar-refractivity contribution in [2.75, 3.05) is 18.4 Å². The summed E-state index contributed by atoms with van der Waals surface area (Å²) in [7, 11) is 0. The first-order valence-electron chi connectivity index (χ1n) is 8.76. The van der Waals surface area contributed by atoms with Gasteiger partial charge in [-0.25, -0.2) is 4.79 Å². The second kappa shape index (κ2) is 8.38. The maximum Gasteiger partial charge on any atom is 0.319 e. The summed E-state index contributed by atoms with van der Waals surface area (Å²) in [5.74, 6) is 1.56. The second-order valence-electron chi connectivity index (χ2n) is 6.32. The van der Waals surface area contributed by atoms with Crippen LogP contribution in [0.2, 0.25) is 0 Å². The van der Waals surface area contributed by atoms with Crippen LogP contribution in [0.1, 0.15) is 19.8 Å². The van der Waals surface area contributed by atoms with E-state index in [0.717, 1.165) is 18.6 Å². The van der Waals surface area contributed by atoms with Crippen LogP contribution >= 0.6 is 0 Å². The molecule has 1 aliphatic rings. The van der Waals surface area contributed by atoms with E-state index in [9.17, 15) is 9.59 Å². The summed E-state index contributed by atoms with van der Waals surface area (Å²) < 4.78 is 5.73. The molecule has 0 aromatic heterocycles. The molecule has 0 atom stereocenters. The Labute approximate surface area is 153 Å². The van der Waals surface area contributed by atoms with Crippen molar-refractivity contribution in [2.24, 2.45) is 0 Å². The Morgan fingerprint density at radius 2 is 1.58 bits per heavy atom. The van der Waals surface area contributed by atoms with Crippen molar-refractivity contribution in [3.8, 4) is 11.5 Å². The molecule has 26 heavy (non-hydrogen) atoms. The zero-order chi connectivity index (χ0) is 18.4. The SMILES string of the molecule is CC(=O)N1CCC(NC(=O)Nc2ccc(Oc3ccccc3)cc2)CC1. The molecule has 6 nitrogen and oxygen atoms in total. The first kappa shape index (κ1) is 17.8. The number of benzene rings is 2. The molecule has 1 aliphatic heterocycles. The van der Waals surface area contributed by atoms with E-state index in [1.807, 2.05) is 47.4 Å². The Morgan fingerprint density at radius 1 is 0.962 bits per heavy atom. The minimum atomic E-state index is -0.233. The highest BCUT2D eigenvalue weighted by molar-refractivity contribution is 5.89. The molecule has 1 saturated heterocycles. The van der Waals surface area contributed by atoms with Crippen molar-refractivity contribution >= 4 is 17.6 Å². The van der Waals surface area contributed by atoms with E-state index >= 15 is 0 Å².